The van der Waals surface area contributed by atoms with Crippen LogP contribution < -0.4 is 10.9 Å². The third-order valence-electron chi connectivity index (χ3n) is 4.13. The molecule has 0 radical (unpaired) electrons. The average molecular weight is 442 g/mol. The number of para-hydroxylation sites is 1. The van der Waals surface area contributed by atoms with E-state index in [9.17, 15) is 9.59 Å². The Morgan fingerprint density at radius 3 is 2.86 bits per heavy atom. The normalized spacial score (nSPS) is 11.0. The summed E-state index contributed by atoms with van der Waals surface area (Å²) in [6.07, 6.45) is 1.80. The molecule has 4 aromatic rings. The van der Waals surface area contributed by atoms with Crippen LogP contribution in [-0.4, -0.2) is 15.3 Å². The van der Waals surface area contributed by atoms with E-state index in [1.807, 2.05) is 31.2 Å². The van der Waals surface area contributed by atoms with Crippen LogP contribution in [0, 0.1) is 6.92 Å². The lowest BCUT2D eigenvalue weighted by molar-refractivity contribution is 0.102. The Hall–Kier alpha value is -2.61. The number of benzene rings is 2. The molecule has 2 aromatic carbocycles. The molecule has 0 fully saturated rings. The van der Waals surface area contributed by atoms with Gasteiger partial charge in [-0.05, 0) is 37.3 Å². The summed E-state index contributed by atoms with van der Waals surface area (Å²) in [5, 5.41) is 3.44. The van der Waals surface area contributed by atoms with Crippen molar-refractivity contribution in [2.45, 2.75) is 17.6 Å². The number of carbonyl (C=O) groups is 1. The van der Waals surface area contributed by atoms with E-state index in [2.05, 4.69) is 10.3 Å². The Bertz CT molecular complexity index is 1270. The zero-order valence-electron chi connectivity index (χ0n) is 15.4. The number of aromatic nitrogens is 2. The molecule has 0 saturated heterocycles. The van der Waals surface area contributed by atoms with Crippen molar-refractivity contribution in [2.75, 3.05) is 5.32 Å². The van der Waals surface area contributed by atoms with Gasteiger partial charge in [-0.15, -0.1) is 23.1 Å². The lowest BCUT2D eigenvalue weighted by atomic mass is 10.2. The maximum absolute atomic E-state index is 12.6. The maximum Gasteiger partial charge on any atom is 0.258 e. The molecule has 0 spiro atoms. The highest BCUT2D eigenvalue weighted by molar-refractivity contribution is 7.98. The molecule has 0 saturated carbocycles. The first kappa shape index (κ1) is 19.7. The molecule has 0 aliphatic heterocycles. The zero-order chi connectivity index (χ0) is 20.4. The van der Waals surface area contributed by atoms with Crippen molar-refractivity contribution in [3.05, 3.63) is 92.3 Å². The first-order valence-corrected chi connectivity index (χ1v) is 10.9. The van der Waals surface area contributed by atoms with Crippen LogP contribution in [0.3, 0.4) is 0 Å². The van der Waals surface area contributed by atoms with Crippen molar-refractivity contribution in [1.29, 1.82) is 0 Å². The van der Waals surface area contributed by atoms with Crippen LogP contribution in [0.4, 0.5) is 5.69 Å². The fourth-order valence-corrected chi connectivity index (χ4v) is 4.74. The fourth-order valence-electron chi connectivity index (χ4n) is 2.80. The molecule has 4 rings (SSSR count). The highest BCUT2D eigenvalue weighted by Crippen LogP contribution is 2.30. The number of hydrogen-bond acceptors (Lipinski definition) is 5. The van der Waals surface area contributed by atoms with E-state index in [1.54, 1.807) is 40.9 Å². The molecular formula is C21H16ClN3O2S2. The highest BCUT2D eigenvalue weighted by Gasteiger charge is 2.11. The molecule has 0 bridgehead atoms. The largest absolute Gasteiger partial charge is 0.321 e. The zero-order valence-corrected chi connectivity index (χ0v) is 17.8. The first-order chi connectivity index (χ1) is 14.0. The Morgan fingerprint density at radius 1 is 1.21 bits per heavy atom. The lowest BCUT2D eigenvalue weighted by Crippen LogP contribution is -2.13. The fraction of sp³-hybridized carbons (Fsp3) is 0.0952. The van der Waals surface area contributed by atoms with E-state index in [-0.39, 0.29) is 11.5 Å². The van der Waals surface area contributed by atoms with Gasteiger partial charge in [-0.3, -0.25) is 14.0 Å². The Balaban J connectivity index is 1.53. The van der Waals surface area contributed by atoms with Gasteiger partial charge in [0.15, 0.2) is 4.96 Å². The number of halogens is 1. The molecular weight excluding hydrogens is 426 g/mol. The van der Waals surface area contributed by atoms with E-state index in [1.165, 1.54) is 23.1 Å². The van der Waals surface area contributed by atoms with Crippen molar-refractivity contribution >= 4 is 51.3 Å². The summed E-state index contributed by atoms with van der Waals surface area (Å²) in [5.41, 5.74) is 1.81. The molecule has 1 N–H and O–H groups in total. The van der Waals surface area contributed by atoms with Crippen LogP contribution in [-0.2, 0) is 5.75 Å². The van der Waals surface area contributed by atoms with Crippen LogP contribution in [0.2, 0.25) is 5.02 Å². The van der Waals surface area contributed by atoms with Crippen molar-refractivity contribution < 1.29 is 4.79 Å². The quantitative estimate of drug-likeness (QED) is 0.429. The minimum Gasteiger partial charge on any atom is -0.321 e. The summed E-state index contributed by atoms with van der Waals surface area (Å²) in [7, 11) is 0. The van der Waals surface area contributed by atoms with Gasteiger partial charge < -0.3 is 5.32 Å². The summed E-state index contributed by atoms with van der Waals surface area (Å²) in [6.45, 7) is 1.95. The minimum atomic E-state index is -0.229. The van der Waals surface area contributed by atoms with E-state index < -0.39 is 0 Å². The number of amides is 1. The monoisotopic (exact) mass is 441 g/mol. The average Bonchev–Trinajstić information content (AvgIpc) is 3.08. The molecule has 0 aliphatic rings. The predicted octanol–water partition coefficient (Wildman–Crippen LogP) is 5.26. The number of fused-ring (bicyclic) bond motifs is 1. The van der Waals surface area contributed by atoms with Crippen molar-refractivity contribution in [1.82, 2.24) is 9.38 Å². The molecule has 29 heavy (non-hydrogen) atoms. The van der Waals surface area contributed by atoms with Gasteiger partial charge in [0.25, 0.3) is 11.5 Å². The number of hydrogen-bond donors (Lipinski definition) is 1. The second kappa shape index (κ2) is 8.41. The SMILES string of the molecule is Cc1cn2c(=O)cc(CSc3ccccc3NC(=O)c3cccc(Cl)c3)nc2s1. The minimum absolute atomic E-state index is 0.0857. The van der Waals surface area contributed by atoms with Crippen molar-refractivity contribution in [3.8, 4) is 0 Å². The van der Waals surface area contributed by atoms with E-state index >= 15 is 0 Å². The molecule has 2 heterocycles. The van der Waals surface area contributed by atoms with Crippen molar-refractivity contribution in [2.24, 2.45) is 0 Å². The van der Waals surface area contributed by atoms with Gasteiger partial charge in [-0.1, -0.05) is 29.8 Å². The topological polar surface area (TPSA) is 63.5 Å². The number of rotatable bonds is 5. The lowest BCUT2D eigenvalue weighted by Gasteiger charge is -2.11. The van der Waals surface area contributed by atoms with Gasteiger partial charge in [0, 0.05) is 38.4 Å². The molecule has 146 valence electrons. The van der Waals surface area contributed by atoms with Gasteiger partial charge in [0.2, 0.25) is 0 Å². The number of anilines is 1. The van der Waals surface area contributed by atoms with Gasteiger partial charge in [0.1, 0.15) is 0 Å². The smallest absolute Gasteiger partial charge is 0.258 e. The summed E-state index contributed by atoms with van der Waals surface area (Å²) in [5.74, 6) is 0.291. The van der Waals surface area contributed by atoms with Gasteiger partial charge >= 0.3 is 0 Å². The Kier molecular flexibility index (Phi) is 5.71. The van der Waals surface area contributed by atoms with Crippen molar-refractivity contribution in [3.63, 3.8) is 0 Å². The number of thiazole rings is 1. The van der Waals surface area contributed by atoms with E-state index in [4.69, 9.17) is 11.6 Å². The number of carbonyl (C=O) groups excluding carboxylic acids is 1. The second-order valence-electron chi connectivity index (χ2n) is 6.33. The van der Waals surface area contributed by atoms with Gasteiger partial charge in [-0.25, -0.2) is 4.98 Å². The molecule has 2 aromatic heterocycles. The number of aryl methyl sites for hydroxylation is 1. The van der Waals surface area contributed by atoms with Crippen LogP contribution in [0.1, 0.15) is 20.9 Å². The van der Waals surface area contributed by atoms with Gasteiger partial charge in [0.05, 0.1) is 11.4 Å². The molecule has 0 aliphatic carbocycles. The summed E-state index contributed by atoms with van der Waals surface area (Å²) in [4.78, 5) is 32.0. The number of thioether (sulfide) groups is 1. The maximum atomic E-state index is 12.6. The molecule has 0 atom stereocenters. The van der Waals surface area contributed by atoms with E-state index in [0.717, 1.165) is 9.77 Å². The second-order valence-corrected chi connectivity index (χ2v) is 9.00. The summed E-state index contributed by atoms with van der Waals surface area (Å²) in [6, 6.07) is 15.9. The Morgan fingerprint density at radius 2 is 2.03 bits per heavy atom. The molecule has 0 unspecified atom stereocenters. The first-order valence-electron chi connectivity index (χ1n) is 8.77. The van der Waals surface area contributed by atoms with Crippen LogP contribution >= 0.6 is 34.7 Å². The molecule has 8 heteroatoms. The van der Waals surface area contributed by atoms with Gasteiger partial charge in [-0.2, -0.15) is 0 Å². The summed E-state index contributed by atoms with van der Waals surface area (Å²) >= 11 is 8.98. The predicted molar refractivity (Wildman–Crippen MR) is 119 cm³/mol. The van der Waals surface area contributed by atoms with Crippen LogP contribution in [0.25, 0.3) is 4.96 Å². The van der Waals surface area contributed by atoms with Crippen LogP contribution in [0.5, 0.6) is 0 Å². The van der Waals surface area contributed by atoms with Crippen LogP contribution in [0.15, 0.2) is 70.5 Å². The molecule has 1 amide bonds. The number of nitrogens with one attached hydrogen (secondary N) is 1. The molecule has 5 nitrogen and oxygen atoms in total. The third-order valence-corrected chi connectivity index (χ3v) is 6.37. The standard InChI is InChI=1S/C21H16ClN3O2S2/c1-13-11-25-19(26)10-16(23-21(25)29-13)12-28-18-8-3-2-7-17(18)24-20(27)14-5-4-6-15(22)9-14/h2-11H,12H2,1H3,(H,24,27). The van der Waals surface area contributed by atoms with E-state index in [0.29, 0.717) is 32.7 Å². The Labute approximate surface area is 180 Å². The number of nitrogens with zero attached hydrogens (tertiary/aromatic N) is 2. The highest BCUT2D eigenvalue weighted by atomic mass is 35.5. The third kappa shape index (κ3) is 4.53. The summed E-state index contributed by atoms with van der Waals surface area (Å²) < 4.78 is 1.56.